The number of nitrogens with one attached hydrogen (secondary N) is 2. The van der Waals surface area contributed by atoms with E-state index >= 15 is 0 Å². The summed E-state index contributed by atoms with van der Waals surface area (Å²) in [5, 5.41) is 14.9. The van der Waals surface area contributed by atoms with Gasteiger partial charge >= 0.3 is 6.03 Å². The van der Waals surface area contributed by atoms with Crippen molar-refractivity contribution in [2.45, 2.75) is 6.42 Å². The van der Waals surface area contributed by atoms with Crippen LogP contribution in [-0.2, 0) is 9.84 Å². The quantitative estimate of drug-likeness (QED) is 0.257. The Hall–Kier alpha value is -4.76. The fourth-order valence-corrected chi connectivity index (χ4v) is 4.20. The largest absolute Gasteiger partial charge is 0.492 e. The van der Waals surface area contributed by atoms with E-state index in [-0.39, 0.29) is 41.5 Å². The lowest BCUT2D eigenvalue weighted by molar-refractivity contribution is 0.262. The molecule has 3 aromatic carbocycles. The molecule has 0 radical (unpaired) electrons. The van der Waals surface area contributed by atoms with E-state index in [0.29, 0.717) is 22.3 Å². The Balaban J connectivity index is 1.48. The molecule has 0 saturated heterocycles. The molecular formula is C27H22F2N4O5S. The molecule has 4 aromatic rings. The van der Waals surface area contributed by atoms with Crippen LogP contribution < -0.4 is 20.1 Å². The van der Waals surface area contributed by atoms with Crippen molar-refractivity contribution in [3.8, 4) is 23.3 Å². The van der Waals surface area contributed by atoms with Crippen molar-refractivity contribution in [2.75, 3.05) is 29.2 Å². The second-order valence-corrected chi connectivity index (χ2v) is 10.7. The lowest BCUT2D eigenvalue weighted by Crippen LogP contribution is -2.20. The minimum atomic E-state index is -3.13. The van der Waals surface area contributed by atoms with Crippen LogP contribution >= 0.6 is 0 Å². The molecule has 2 N–H and O–H groups in total. The molecule has 0 aliphatic heterocycles. The summed E-state index contributed by atoms with van der Waals surface area (Å²) in [4.78, 5) is 16.4. The smallest absolute Gasteiger partial charge is 0.323 e. The molecule has 0 aliphatic rings. The van der Waals surface area contributed by atoms with E-state index in [1.807, 2.05) is 6.07 Å². The van der Waals surface area contributed by atoms with Crippen molar-refractivity contribution >= 4 is 38.1 Å². The van der Waals surface area contributed by atoms with Gasteiger partial charge in [-0.1, -0.05) is 0 Å². The molecule has 0 bridgehead atoms. The number of rotatable bonds is 9. The standard InChI is InChI=1S/C27H22F2N4O5S/c1-39(35,36)12-2-11-37-26-15-24-21(13-17(26)16-30)25(9-10-31-24)38-20-7-8-23(22(29)14-20)33-27(34)32-19-5-3-18(28)4-6-19/h3-10,13-15H,2,11-12H2,1H3,(H2,32,33,34). The number of benzene rings is 3. The number of anilines is 2. The van der Waals surface area contributed by atoms with E-state index in [1.165, 1.54) is 48.7 Å². The third-order valence-corrected chi connectivity index (χ3v) is 6.39. The Morgan fingerprint density at radius 2 is 1.79 bits per heavy atom. The first-order valence-corrected chi connectivity index (χ1v) is 13.6. The molecule has 0 fully saturated rings. The number of ether oxygens (including phenoxy) is 2. The average Bonchev–Trinajstić information content (AvgIpc) is 2.89. The number of nitriles is 1. The van der Waals surface area contributed by atoms with Gasteiger partial charge in [-0.25, -0.2) is 22.0 Å². The highest BCUT2D eigenvalue weighted by Gasteiger charge is 2.14. The number of amides is 2. The molecule has 1 heterocycles. The van der Waals surface area contributed by atoms with E-state index in [2.05, 4.69) is 15.6 Å². The first-order chi connectivity index (χ1) is 18.6. The normalized spacial score (nSPS) is 11.0. The van der Waals surface area contributed by atoms with Gasteiger partial charge in [0.1, 0.15) is 44.8 Å². The molecule has 0 atom stereocenters. The Bertz CT molecular complexity index is 1670. The van der Waals surface area contributed by atoms with Crippen LogP contribution in [0.1, 0.15) is 12.0 Å². The molecule has 0 saturated carbocycles. The lowest BCUT2D eigenvalue weighted by atomic mass is 10.1. The summed E-state index contributed by atoms with van der Waals surface area (Å²) in [6.07, 6.45) is 2.88. The van der Waals surface area contributed by atoms with E-state index in [0.717, 1.165) is 12.3 Å². The van der Waals surface area contributed by atoms with Gasteiger partial charge in [0.05, 0.1) is 29.1 Å². The molecule has 0 unspecified atom stereocenters. The van der Waals surface area contributed by atoms with Crippen molar-refractivity contribution in [1.29, 1.82) is 5.26 Å². The molecule has 12 heteroatoms. The molecular weight excluding hydrogens is 530 g/mol. The van der Waals surface area contributed by atoms with Crippen molar-refractivity contribution in [3.05, 3.63) is 84.1 Å². The molecule has 1 aromatic heterocycles. The van der Waals surface area contributed by atoms with Crippen LogP contribution in [0, 0.1) is 23.0 Å². The molecule has 9 nitrogen and oxygen atoms in total. The molecule has 2 amide bonds. The number of halogens is 2. The van der Waals surface area contributed by atoms with Gasteiger partial charge < -0.3 is 20.1 Å². The number of fused-ring (bicyclic) bond motifs is 1. The summed E-state index contributed by atoms with van der Waals surface area (Å²) in [6, 6.07) is 14.9. The number of hydrogen-bond donors (Lipinski definition) is 2. The molecule has 4 rings (SSSR count). The monoisotopic (exact) mass is 552 g/mol. The first kappa shape index (κ1) is 27.3. The van der Waals surface area contributed by atoms with Gasteiger partial charge in [-0.15, -0.1) is 0 Å². The zero-order chi connectivity index (χ0) is 28.0. The van der Waals surface area contributed by atoms with Crippen LogP contribution in [0.2, 0.25) is 0 Å². The van der Waals surface area contributed by atoms with Gasteiger partial charge in [-0.05, 0) is 55.0 Å². The summed E-state index contributed by atoms with van der Waals surface area (Å²) < 4.78 is 61.8. The third kappa shape index (κ3) is 7.39. The number of hydrogen-bond acceptors (Lipinski definition) is 7. The fraction of sp³-hybridized carbons (Fsp3) is 0.148. The Morgan fingerprint density at radius 3 is 2.49 bits per heavy atom. The average molecular weight is 553 g/mol. The minimum Gasteiger partial charge on any atom is -0.492 e. The number of carbonyl (C=O) groups is 1. The molecule has 0 aliphatic carbocycles. The van der Waals surface area contributed by atoms with Crippen molar-refractivity contribution in [2.24, 2.45) is 0 Å². The summed E-state index contributed by atoms with van der Waals surface area (Å²) >= 11 is 0. The van der Waals surface area contributed by atoms with Crippen LogP contribution in [-0.4, -0.2) is 38.0 Å². The summed E-state index contributed by atoms with van der Waals surface area (Å²) in [7, 11) is -3.13. The van der Waals surface area contributed by atoms with Crippen LogP contribution in [0.5, 0.6) is 17.2 Å². The van der Waals surface area contributed by atoms with Crippen molar-refractivity contribution in [1.82, 2.24) is 4.98 Å². The highest BCUT2D eigenvalue weighted by molar-refractivity contribution is 7.90. The van der Waals surface area contributed by atoms with E-state index in [9.17, 15) is 27.3 Å². The minimum absolute atomic E-state index is 0.0392. The number of pyridine rings is 1. The van der Waals surface area contributed by atoms with Gasteiger partial charge in [0.2, 0.25) is 0 Å². The zero-order valence-electron chi connectivity index (χ0n) is 20.6. The number of aromatic nitrogens is 1. The SMILES string of the molecule is CS(=O)(=O)CCCOc1cc2nccc(Oc3ccc(NC(=O)Nc4ccc(F)cc4)c(F)c3)c2cc1C#N. The van der Waals surface area contributed by atoms with Gasteiger partial charge in [0.15, 0.2) is 0 Å². The van der Waals surface area contributed by atoms with Gasteiger partial charge in [0.25, 0.3) is 0 Å². The van der Waals surface area contributed by atoms with E-state index in [1.54, 1.807) is 12.1 Å². The van der Waals surface area contributed by atoms with Gasteiger partial charge in [-0.2, -0.15) is 5.26 Å². The summed E-state index contributed by atoms with van der Waals surface area (Å²) in [5.41, 5.74) is 0.863. The van der Waals surface area contributed by atoms with E-state index < -0.39 is 27.5 Å². The number of nitrogens with zero attached hydrogens (tertiary/aromatic N) is 2. The predicted molar refractivity (Wildman–Crippen MR) is 142 cm³/mol. The number of urea groups is 1. The number of carbonyl (C=O) groups excluding carboxylic acids is 1. The molecule has 200 valence electrons. The zero-order valence-corrected chi connectivity index (χ0v) is 21.4. The van der Waals surface area contributed by atoms with Crippen LogP contribution in [0.15, 0.2) is 66.9 Å². The second kappa shape index (κ2) is 11.7. The fourth-order valence-electron chi connectivity index (χ4n) is 3.55. The maximum absolute atomic E-state index is 14.7. The summed E-state index contributed by atoms with van der Waals surface area (Å²) in [5.74, 6) is -0.573. The maximum atomic E-state index is 14.7. The van der Waals surface area contributed by atoms with E-state index in [4.69, 9.17) is 9.47 Å². The highest BCUT2D eigenvalue weighted by Crippen LogP contribution is 2.34. The second-order valence-electron chi connectivity index (χ2n) is 8.45. The Kier molecular flexibility index (Phi) is 8.21. The lowest BCUT2D eigenvalue weighted by Gasteiger charge is -2.13. The molecule has 0 spiro atoms. The predicted octanol–water partition coefficient (Wildman–Crippen LogP) is 5.63. The summed E-state index contributed by atoms with van der Waals surface area (Å²) in [6.45, 7) is 0.102. The maximum Gasteiger partial charge on any atom is 0.323 e. The van der Waals surface area contributed by atoms with Crippen LogP contribution in [0.3, 0.4) is 0 Å². The van der Waals surface area contributed by atoms with Gasteiger partial charge in [-0.3, -0.25) is 4.98 Å². The van der Waals surface area contributed by atoms with Crippen molar-refractivity contribution < 1.29 is 31.5 Å². The third-order valence-electron chi connectivity index (χ3n) is 5.36. The van der Waals surface area contributed by atoms with Gasteiger partial charge in [0, 0.05) is 35.7 Å². The molecule has 39 heavy (non-hydrogen) atoms. The first-order valence-electron chi connectivity index (χ1n) is 11.6. The van der Waals surface area contributed by atoms with Crippen LogP contribution in [0.4, 0.5) is 25.0 Å². The Labute approximate surface area is 222 Å². The van der Waals surface area contributed by atoms with Crippen molar-refractivity contribution in [3.63, 3.8) is 0 Å². The Morgan fingerprint density at radius 1 is 1.03 bits per heavy atom. The number of sulfone groups is 1. The highest BCUT2D eigenvalue weighted by atomic mass is 32.2. The van der Waals surface area contributed by atoms with Crippen LogP contribution in [0.25, 0.3) is 10.9 Å². The topological polar surface area (TPSA) is 130 Å².